The van der Waals surface area contributed by atoms with Crippen molar-refractivity contribution in [3.05, 3.63) is 95.0 Å². The van der Waals surface area contributed by atoms with Gasteiger partial charge in [0.1, 0.15) is 18.0 Å². The standard InChI is InChI=1S/C25H22N2O6/c28-23(31-16-6-15-27-21-9-4-5-10-22(21)33-25(27)30)17-26-24(29)18-11-13-20(14-12-18)32-19-7-2-1-3-8-19/h1-5,7-14H,6,15-17H2,(H,26,29). The molecule has 1 N–H and O–H groups in total. The lowest BCUT2D eigenvalue weighted by atomic mass is 10.2. The third-order valence-corrected chi connectivity index (χ3v) is 4.85. The highest BCUT2D eigenvalue weighted by atomic mass is 16.5. The lowest BCUT2D eigenvalue weighted by molar-refractivity contribution is -0.142. The van der Waals surface area contributed by atoms with Crippen LogP contribution in [0.3, 0.4) is 0 Å². The molecule has 8 heteroatoms. The van der Waals surface area contributed by atoms with Crippen LogP contribution in [0.5, 0.6) is 11.5 Å². The molecule has 0 aliphatic carbocycles. The van der Waals surface area contributed by atoms with Crippen LogP contribution >= 0.6 is 0 Å². The van der Waals surface area contributed by atoms with E-state index in [1.54, 1.807) is 42.5 Å². The fourth-order valence-corrected chi connectivity index (χ4v) is 3.24. The molecule has 0 spiro atoms. The molecule has 1 amide bonds. The largest absolute Gasteiger partial charge is 0.464 e. The van der Waals surface area contributed by atoms with Crippen molar-refractivity contribution in [1.29, 1.82) is 0 Å². The van der Waals surface area contributed by atoms with E-state index in [0.717, 1.165) is 0 Å². The van der Waals surface area contributed by atoms with Gasteiger partial charge < -0.3 is 19.2 Å². The Morgan fingerprint density at radius 1 is 0.879 bits per heavy atom. The molecule has 0 aliphatic heterocycles. The highest BCUT2D eigenvalue weighted by Gasteiger charge is 2.11. The van der Waals surface area contributed by atoms with Crippen LogP contribution in [-0.4, -0.2) is 29.6 Å². The van der Waals surface area contributed by atoms with Crippen molar-refractivity contribution >= 4 is 23.0 Å². The summed E-state index contributed by atoms with van der Waals surface area (Å²) in [6, 6.07) is 23.0. The smallest absolute Gasteiger partial charge is 0.419 e. The zero-order valence-electron chi connectivity index (χ0n) is 17.7. The number of hydrogen-bond acceptors (Lipinski definition) is 6. The van der Waals surface area contributed by atoms with E-state index in [1.807, 2.05) is 36.4 Å². The number of fused-ring (bicyclic) bond motifs is 1. The molecule has 0 atom stereocenters. The van der Waals surface area contributed by atoms with E-state index in [1.165, 1.54) is 4.57 Å². The summed E-state index contributed by atoms with van der Waals surface area (Å²) in [5.74, 6) is -0.105. The van der Waals surface area contributed by atoms with E-state index >= 15 is 0 Å². The maximum Gasteiger partial charge on any atom is 0.419 e. The van der Waals surface area contributed by atoms with Crippen LogP contribution in [-0.2, 0) is 16.1 Å². The van der Waals surface area contributed by atoms with Crippen LogP contribution in [0, 0.1) is 0 Å². The van der Waals surface area contributed by atoms with Crippen molar-refractivity contribution in [2.24, 2.45) is 0 Å². The summed E-state index contributed by atoms with van der Waals surface area (Å²) in [7, 11) is 0. The minimum atomic E-state index is -0.559. The summed E-state index contributed by atoms with van der Waals surface area (Å²) in [6.07, 6.45) is 0.437. The van der Waals surface area contributed by atoms with Crippen LogP contribution in [0.25, 0.3) is 11.1 Å². The van der Waals surface area contributed by atoms with Gasteiger partial charge in [0.2, 0.25) is 0 Å². The number of benzene rings is 3. The number of ether oxygens (including phenoxy) is 2. The number of carbonyl (C=O) groups is 2. The maximum absolute atomic E-state index is 12.3. The van der Waals surface area contributed by atoms with Crippen LogP contribution in [0.2, 0.25) is 0 Å². The number of oxazole rings is 1. The third kappa shape index (κ3) is 5.68. The molecule has 1 aromatic heterocycles. The quantitative estimate of drug-likeness (QED) is 0.311. The van der Waals surface area contributed by atoms with Gasteiger partial charge in [0, 0.05) is 12.1 Å². The highest BCUT2D eigenvalue weighted by molar-refractivity contribution is 5.96. The Hall–Kier alpha value is -4.33. The first-order valence-electron chi connectivity index (χ1n) is 10.5. The zero-order chi connectivity index (χ0) is 23.0. The van der Waals surface area contributed by atoms with Crippen molar-refractivity contribution in [1.82, 2.24) is 9.88 Å². The van der Waals surface area contributed by atoms with E-state index in [-0.39, 0.29) is 13.2 Å². The fraction of sp³-hybridized carbons (Fsp3) is 0.160. The van der Waals surface area contributed by atoms with Gasteiger partial charge in [-0.2, -0.15) is 0 Å². The molecule has 0 saturated carbocycles. The Bertz CT molecular complexity index is 1290. The summed E-state index contributed by atoms with van der Waals surface area (Å²) >= 11 is 0. The normalized spacial score (nSPS) is 10.7. The minimum Gasteiger partial charge on any atom is -0.464 e. The topological polar surface area (TPSA) is 99.8 Å². The van der Waals surface area contributed by atoms with Gasteiger partial charge in [-0.05, 0) is 55.0 Å². The Morgan fingerprint density at radius 3 is 2.36 bits per heavy atom. The second kappa shape index (κ2) is 10.3. The molecular formula is C25H22N2O6. The van der Waals surface area contributed by atoms with Crippen LogP contribution < -0.4 is 15.8 Å². The van der Waals surface area contributed by atoms with E-state index in [9.17, 15) is 14.4 Å². The number of carbonyl (C=O) groups excluding carboxylic acids is 2. The minimum absolute atomic E-state index is 0.117. The second-order valence-electron chi connectivity index (χ2n) is 7.18. The summed E-state index contributed by atoms with van der Waals surface area (Å²) in [6.45, 7) is 0.217. The number of aryl methyl sites for hydroxylation is 1. The van der Waals surface area contributed by atoms with Crippen LogP contribution in [0.4, 0.5) is 0 Å². The first kappa shape index (κ1) is 21.9. The van der Waals surface area contributed by atoms with Gasteiger partial charge in [0.25, 0.3) is 5.91 Å². The number of amides is 1. The maximum atomic E-state index is 12.3. The molecule has 0 unspecified atom stereocenters. The number of aromatic nitrogens is 1. The number of esters is 1. The van der Waals surface area contributed by atoms with E-state index < -0.39 is 17.6 Å². The molecule has 4 rings (SSSR count). The fourth-order valence-electron chi connectivity index (χ4n) is 3.24. The van der Waals surface area contributed by atoms with Gasteiger partial charge in [-0.15, -0.1) is 0 Å². The number of hydrogen-bond donors (Lipinski definition) is 1. The average Bonchev–Trinajstić information content (AvgIpc) is 3.16. The van der Waals surface area contributed by atoms with Crippen molar-refractivity contribution in [2.75, 3.05) is 13.2 Å². The van der Waals surface area contributed by atoms with Crippen LogP contribution in [0.15, 0.2) is 88.1 Å². The monoisotopic (exact) mass is 446 g/mol. The van der Waals surface area contributed by atoms with Gasteiger partial charge in [-0.1, -0.05) is 30.3 Å². The molecule has 0 aliphatic rings. The third-order valence-electron chi connectivity index (χ3n) is 4.85. The lowest BCUT2D eigenvalue weighted by Crippen LogP contribution is -2.30. The average molecular weight is 446 g/mol. The zero-order valence-corrected chi connectivity index (χ0v) is 17.7. The molecule has 0 radical (unpaired) electrons. The number of rotatable bonds is 9. The van der Waals surface area contributed by atoms with Gasteiger partial charge in [-0.3, -0.25) is 14.2 Å². The molecular weight excluding hydrogens is 424 g/mol. The first-order valence-corrected chi connectivity index (χ1v) is 10.5. The molecule has 0 fully saturated rings. The van der Waals surface area contributed by atoms with Gasteiger partial charge >= 0.3 is 11.7 Å². The summed E-state index contributed by atoms with van der Waals surface area (Å²) < 4.78 is 17.5. The summed E-state index contributed by atoms with van der Waals surface area (Å²) in [5.41, 5.74) is 1.61. The van der Waals surface area contributed by atoms with Gasteiger partial charge in [-0.25, -0.2) is 4.79 Å². The molecule has 0 saturated heterocycles. The summed E-state index contributed by atoms with van der Waals surface area (Å²) in [5, 5.41) is 2.53. The molecule has 1 heterocycles. The molecule has 4 aromatic rings. The van der Waals surface area contributed by atoms with E-state index in [0.29, 0.717) is 41.1 Å². The number of para-hydroxylation sites is 3. The highest BCUT2D eigenvalue weighted by Crippen LogP contribution is 2.21. The van der Waals surface area contributed by atoms with Gasteiger partial charge in [0.15, 0.2) is 5.58 Å². The van der Waals surface area contributed by atoms with Crippen molar-refractivity contribution in [2.45, 2.75) is 13.0 Å². The molecule has 8 nitrogen and oxygen atoms in total. The second-order valence-corrected chi connectivity index (χ2v) is 7.18. The molecule has 0 bridgehead atoms. The Morgan fingerprint density at radius 2 is 1.58 bits per heavy atom. The Kier molecular flexibility index (Phi) is 6.84. The Balaban J connectivity index is 1.19. The summed E-state index contributed by atoms with van der Waals surface area (Å²) in [4.78, 5) is 36.1. The number of nitrogens with one attached hydrogen (secondary N) is 1. The van der Waals surface area contributed by atoms with E-state index in [2.05, 4.69) is 5.32 Å². The molecule has 33 heavy (non-hydrogen) atoms. The van der Waals surface area contributed by atoms with Gasteiger partial charge in [0.05, 0.1) is 12.1 Å². The predicted octanol–water partition coefficient (Wildman–Crippen LogP) is 3.75. The van der Waals surface area contributed by atoms with Crippen LogP contribution in [0.1, 0.15) is 16.8 Å². The van der Waals surface area contributed by atoms with Crippen molar-refractivity contribution in [3.63, 3.8) is 0 Å². The van der Waals surface area contributed by atoms with E-state index in [4.69, 9.17) is 13.9 Å². The van der Waals surface area contributed by atoms with Crippen molar-refractivity contribution < 1.29 is 23.5 Å². The molecule has 168 valence electrons. The first-order chi connectivity index (χ1) is 16.1. The van der Waals surface area contributed by atoms with Crippen molar-refractivity contribution in [3.8, 4) is 11.5 Å². The number of nitrogens with zero attached hydrogens (tertiary/aromatic N) is 1. The Labute approximate surface area is 189 Å². The lowest BCUT2D eigenvalue weighted by Gasteiger charge is -2.08. The molecule has 3 aromatic carbocycles. The predicted molar refractivity (Wildman–Crippen MR) is 121 cm³/mol. The SMILES string of the molecule is O=C(CNC(=O)c1ccc(Oc2ccccc2)cc1)OCCCn1c(=O)oc2ccccc21.